The Bertz CT molecular complexity index is 609. The number of rotatable bonds is 0. The van der Waals surface area contributed by atoms with Crippen LogP contribution in [-0.4, -0.2) is 4.98 Å². The maximum atomic E-state index is 11.5. The topological polar surface area (TPSA) is 59.8 Å². The SMILES string of the molecule is O=c1[nH]c2c(Cl)c(Cl)ccc2[n+]([O-])c1Cl. The van der Waals surface area contributed by atoms with Gasteiger partial charge < -0.3 is 10.2 Å². The molecule has 0 aliphatic rings. The van der Waals surface area contributed by atoms with Crippen molar-refractivity contribution in [2.45, 2.75) is 0 Å². The molecule has 78 valence electrons. The minimum atomic E-state index is -0.705. The molecule has 0 saturated heterocycles. The number of H-pyrrole nitrogens is 1. The second-order valence-corrected chi connectivity index (χ2v) is 3.94. The highest BCUT2D eigenvalue weighted by Crippen LogP contribution is 2.27. The van der Waals surface area contributed by atoms with E-state index >= 15 is 0 Å². The lowest BCUT2D eigenvalue weighted by Crippen LogP contribution is -2.35. The monoisotopic (exact) mass is 264 g/mol. The van der Waals surface area contributed by atoms with Crippen LogP contribution in [0.2, 0.25) is 15.2 Å². The molecule has 2 rings (SSSR count). The molecule has 15 heavy (non-hydrogen) atoms. The van der Waals surface area contributed by atoms with E-state index in [0.717, 1.165) is 0 Å². The molecule has 0 amide bonds. The first kappa shape index (κ1) is 10.5. The summed E-state index contributed by atoms with van der Waals surface area (Å²) in [4.78, 5) is 13.6. The van der Waals surface area contributed by atoms with E-state index in [1.807, 2.05) is 0 Å². The van der Waals surface area contributed by atoms with Gasteiger partial charge in [-0.3, -0.25) is 4.79 Å². The van der Waals surface area contributed by atoms with Gasteiger partial charge in [-0.15, -0.1) is 4.73 Å². The Hall–Kier alpha value is -0.970. The van der Waals surface area contributed by atoms with E-state index < -0.39 is 10.7 Å². The highest BCUT2D eigenvalue weighted by atomic mass is 35.5. The predicted molar refractivity (Wildman–Crippen MR) is 58.6 cm³/mol. The minimum Gasteiger partial charge on any atom is -0.617 e. The molecule has 0 unspecified atom stereocenters. The number of hydrogen-bond donors (Lipinski definition) is 1. The Labute approximate surface area is 98.6 Å². The van der Waals surface area contributed by atoms with Gasteiger partial charge in [-0.1, -0.05) is 23.2 Å². The standard InChI is InChI=1S/C8H3Cl3N2O2/c9-3-1-2-4-6(5(3)10)12-8(14)7(11)13(4)15/h1-2H,(H,12,14). The van der Waals surface area contributed by atoms with Crippen LogP contribution in [0.15, 0.2) is 16.9 Å². The number of hydrogen-bond acceptors (Lipinski definition) is 2. The summed E-state index contributed by atoms with van der Waals surface area (Å²) in [6, 6.07) is 2.88. The van der Waals surface area contributed by atoms with E-state index in [4.69, 9.17) is 34.8 Å². The van der Waals surface area contributed by atoms with E-state index in [1.54, 1.807) is 0 Å². The molecule has 0 atom stereocenters. The Balaban J connectivity index is 3.05. The summed E-state index contributed by atoms with van der Waals surface area (Å²) in [6.07, 6.45) is 0. The third-order valence-corrected chi connectivity index (χ3v) is 3.03. The number of aromatic nitrogens is 2. The maximum Gasteiger partial charge on any atom is 0.352 e. The normalized spacial score (nSPS) is 10.9. The van der Waals surface area contributed by atoms with Crippen LogP contribution in [0.4, 0.5) is 0 Å². The molecule has 0 saturated carbocycles. The Morgan fingerprint density at radius 1 is 1.27 bits per heavy atom. The Morgan fingerprint density at radius 3 is 2.60 bits per heavy atom. The Morgan fingerprint density at radius 2 is 1.93 bits per heavy atom. The van der Waals surface area contributed by atoms with Crippen molar-refractivity contribution < 1.29 is 4.73 Å². The van der Waals surface area contributed by atoms with Crippen LogP contribution in [0.25, 0.3) is 11.0 Å². The van der Waals surface area contributed by atoms with Crippen LogP contribution in [0.5, 0.6) is 0 Å². The molecule has 1 heterocycles. The van der Waals surface area contributed by atoms with Gasteiger partial charge in [-0.25, -0.2) is 0 Å². The molecule has 1 aromatic heterocycles. The first-order valence-corrected chi connectivity index (χ1v) is 4.95. The van der Waals surface area contributed by atoms with Gasteiger partial charge in [0.05, 0.1) is 10.0 Å². The molecule has 0 aliphatic heterocycles. The largest absolute Gasteiger partial charge is 0.617 e. The quantitative estimate of drug-likeness (QED) is 0.586. The summed E-state index contributed by atoms with van der Waals surface area (Å²) in [7, 11) is 0. The van der Waals surface area contributed by atoms with Gasteiger partial charge in [-0.2, -0.15) is 0 Å². The van der Waals surface area contributed by atoms with Crippen LogP contribution in [0.3, 0.4) is 0 Å². The average Bonchev–Trinajstić information content (AvgIpc) is 2.21. The first-order chi connectivity index (χ1) is 7.02. The average molecular weight is 265 g/mol. The number of nitrogens with zero attached hydrogens (tertiary/aromatic N) is 1. The predicted octanol–water partition coefficient (Wildman–Crippen LogP) is 2.12. The molecule has 7 heteroatoms. The lowest BCUT2D eigenvalue weighted by atomic mass is 10.3. The maximum absolute atomic E-state index is 11.5. The van der Waals surface area contributed by atoms with Crippen molar-refractivity contribution in [3.05, 3.63) is 42.9 Å². The van der Waals surface area contributed by atoms with Crippen LogP contribution in [-0.2, 0) is 0 Å². The van der Waals surface area contributed by atoms with Crippen molar-refractivity contribution in [3.63, 3.8) is 0 Å². The molecule has 2 aromatic rings. The highest BCUT2D eigenvalue weighted by molar-refractivity contribution is 6.44. The fraction of sp³-hybridized carbons (Fsp3) is 0. The molecular formula is C8H3Cl3N2O2. The number of aromatic amines is 1. The van der Waals surface area contributed by atoms with Gasteiger partial charge in [0, 0.05) is 6.07 Å². The van der Waals surface area contributed by atoms with Crippen LogP contribution >= 0.6 is 34.8 Å². The summed E-state index contributed by atoms with van der Waals surface area (Å²) < 4.78 is 0.304. The van der Waals surface area contributed by atoms with E-state index in [0.29, 0.717) is 4.73 Å². The summed E-state index contributed by atoms with van der Waals surface area (Å²) in [5, 5.41) is 11.4. The third-order valence-electron chi connectivity index (χ3n) is 1.90. The van der Waals surface area contributed by atoms with Crippen molar-refractivity contribution in [1.82, 2.24) is 4.98 Å². The first-order valence-electron chi connectivity index (χ1n) is 3.81. The summed E-state index contributed by atoms with van der Waals surface area (Å²) >= 11 is 17.0. The van der Waals surface area contributed by atoms with E-state index in [1.165, 1.54) is 12.1 Å². The molecule has 1 aromatic carbocycles. The van der Waals surface area contributed by atoms with Gasteiger partial charge in [0.25, 0.3) is 0 Å². The van der Waals surface area contributed by atoms with Gasteiger partial charge in [0.1, 0.15) is 5.52 Å². The molecule has 0 spiro atoms. The summed E-state index contributed by atoms with van der Waals surface area (Å²) in [6.45, 7) is 0. The van der Waals surface area contributed by atoms with E-state index in [9.17, 15) is 10.0 Å². The molecule has 0 radical (unpaired) electrons. The van der Waals surface area contributed by atoms with Crippen LogP contribution in [0.1, 0.15) is 0 Å². The van der Waals surface area contributed by atoms with Gasteiger partial charge >= 0.3 is 10.7 Å². The smallest absolute Gasteiger partial charge is 0.352 e. The van der Waals surface area contributed by atoms with Crippen molar-refractivity contribution in [1.29, 1.82) is 0 Å². The van der Waals surface area contributed by atoms with Gasteiger partial charge in [0.2, 0.25) is 5.52 Å². The van der Waals surface area contributed by atoms with E-state index in [-0.39, 0.29) is 21.1 Å². The van der Waals surface area contributed by atoms with Gasteiger partial charge in [-0.05, 0) is 17.7 Å². The number of benzene rings is 1. The second kappa shape index (κ2) is 3.56. The molecule has 0 fully saturated rings. The van der Waals surface area contributed by atoms with Crippen molar-refractivity contribution in [3.8, 4) is 0 Å². The fourth-order valence-electron chi connectivity index (χ4n) is 1.19. The number of fused-ring (bicyclic) bond motifs is 1. The fourth-order valence-corrected chi connectivity index (χ4v) is 1.69. The Kier molecular flexibility index (Phi) is 2.50. The lowest BCUT2D eigenvalue weighted by Gasteiger charge is -2.04. The molecule has 1 N–H and O–H groups in total. The van der Waals surface area contributed by atoms with E-state index in [2.05, 4.69) is 4.98 Å². The van der Waals surface area contributed by atoms with Crippen molar-refractivity contribution in [2.24, 2.45) is 0 Å². The number of nitrogens with one attached hydrogen (secondary N) is 1. The second-order valence-electron chi connectivity index (χ2n) is 2.79. The van der Waals surface area contributed by atoms with Crippen LogP contribution < -0.4 is 10.3 Å². The van der Waals surface area contributed by atoms with Crippen LogP contribution in [0, 0.1) is 5.21 Å². The molecule has 0 aliphatic carbocycles. The summed E-state index contributed by atoms with van der Waals surface area (Å²) in [5.74, 6) is 0. The zero-order chi connectivity index (χ0) is 11.2. The molecule has 0 bridgehead atoms. The highest BCUT2D eigenvalue weighted by Gasteiger charge is 2.16. The number of halogens is 3. The van der Waals surface area contributed by atoms with Gasteiger partial charge in [0.15, 0.2) is 0 Å². The molecule has 4 nitrogen and oxygen atoms in total. The zero-order valence-electron chi connectivity index (χ0n) is 7.05. The zero-order valence-corrected chi connectivity index (χ0v) is 9.32. The van der Waals surface area contributed by atoms with Crippen molar-refractivity contribution >= 4 is 45.8 Å². The third kappa shape index (κ3) is 1.55. The molecular weight excluding hydrogens is 262 g/mol. The summed E-state index contributed by atoms with van der Waals surface area (Å²) in [5.41, 5.74) is -0.370. The minimum absolute atomic E-state index is 0.118. The lowest BCUT2D eigenvalue weighted by molar-refractivity contribution is -0.575. The van der Waals surface area contributed by atoms with Crippen molar-refractivity contribution in [2.75, 3.05) is 0 Å².